The van der Waals surface area contributed by atoms with Crippen LogP contribution >= 0.6 is 0 Å². The molecule has 0 saturated heterocycles. The molecule has 2 rings (SSSR count). The first kappa shape index (κ1) is 18.4. The quantitative estimate of drug-likeness (QED) is 0.476. The van der Waals surface area contributed by atoms with Gasteiger partial charge in [0.2, 0.25) is 0 Å². The molecule has 0 bridgehead atoms. The number of hydrogen-bond donors (Lipinski definition) is 1. The first-order chi connectivity index (χ1) is 12.0. The first-order valence-electron chi connectivity index (χ1n) is 8.27. The average molecular weight is 342 g/mol. The van der Waals surface area contributed by atoms with Gasteiger partial charge in [-0.25, -0.2) is 4.79 Å². The molecule has 132 valence electrons. The molecule has 0 aliphatic rings. The SMILES string of the molecule is CCC[C@H](NC(=O)[C@H](C)OC(=O)c1cccc[n+]1[O-])c1ccccc1. The molecule has 0 spiro atoms. The van der Waals surface area contributed by atoms with Crippen molar-refractivity contribution in [3.8, 4) is 0 Å². The molecule has 6 nitrogen and oxygen atoms in total. The van der Waals surface area contributed by atoms with Crippen molar-refractivity contribution in [3.63, 3.8) is 0 Å². The molecule has 1 amide bonds. The lowest BCUT2D eigenvalue weighted by Crippen LogP contribution is -2.40. The Morgan fingerprint density at radius 3 is 2.48 bits per heavy atom. The smallest absolute Gasteiger partial charge is 0.405 e. The molecule has 0 aliphatic heterocycles. The number of aromatic nitrogens is 1. The van der Waals surface area contributed by atoms with Crippen molar-refractivity contribution in [1.29, 1.82) is 0 Å². The van der Waals surface area contributed by atoms with Crippen LogP contribution in [0.2, 0.25) is 0 Å². The van der Waals surface area contributed by atoms with E-state index in [9.17, 15) is 14.8 Å². The Morgan fingerprint density at radius 1 is 1.16 bits per heavy atom. The standard InChI is InChI=1S/C19H22N2O4/c1-3-9-16(15-10-5-4-6-11-15)20-18(22)14(2)25-19(23)17-12-7-8-13-21(17)24/h4-8,10-14,16H,3,9H2,1-2H3,(H,20,22)/t14-,16-/m0/s1. The Balaban J connectivity index is 2.01. The van der Waals surface area contributed by atoms with Gasteiger partial charge in [-0.3, -0.25) is 4.79 Å². The Bertz CT molecular complexity index is 718. The highest BCUT2D eigenvalue weighted by molar-refractivity contribution is 5.89. The Hall–Kier alpha value is -2.89. The molecule has 0 unspecified atom stereocenters. The number of carbonyl (C=O) groups is 2. The van der Waals surface area contributed by atoms with Crippen molar-refractivity contribution in [3.05, 3.63) is 71.2 Å². The summed E-state index contributed by atoms with van der Waals surface area (Å²) in [6.07, 6.45) is 1.87. The summed E-state index contributed by atoms with van der Waals surface area (Å²) in [6, 6.07) is 13.9. The number of rotatable bonds is 7. The van der Waals surface area contributed by atoms with E-state index in [-0.39, 0.29) is 11.7 Å². The molecule has 1 N–H and O–H groups in total. The Morgan fingerprint density at radius 2 is 1.84 bits per heavy atom. The van der Waals surface area contributed by atoms with Gasteiger partial charge in [0, 0.05) is 12.1 Å². The van der Waals surface area contributed by atoms with Crippen LogP contribution in [-0.2, 0) is 9.53 Å². The summed E-state index contributed by atoms with van der Waals surface area (Å²) >= 11 is 0. The number of nitrogens with zero attached hydrogens (tertiary/aromatic N) is 1. The molecule has 2 aromatic rings. The van der Waals surface area contributed by atoms with E-state index in [2.05, 4.69) is 5.32 Å². The summed E-state index contributed by atoms with van der Waals surface area (Å²) in [6.45, 7) is 3.52. The van der Waals surface area contributed by atoms with Crippen LogP contribution in [0.1, 0.15) is 48.8 Å². The summed E-state index contributed by atoms with van der Waals surface area (Å²) in [4.78, 5) is 24.4. The predicted molar refractivity (Wildman–Crippen MR) is 92.5 cm³/mol. The lowest BCUT2D eigenvalue weighted by Gasteiger charge is -2.21. The van der Waals surface area contributed by atoms with Crippen LogP contribution in [0.4, 0.5) is 0 Å². The van der Waals surface area contributed by atoms with Gasteiger partial charge in [-0.2, -0.15) is 4.73 Å². The minimum absolute atomic E-state index is 0.152. The van der Waals surface area contributed by atoms with Gasteiger partial charge in [0.15, 0.2) is 12.3 Å². The van der Waals surface area contributed by atoms with Crippen molar-refractivity contribution in [2.45, 2.75) is 38.8 Å². The summed E-state index contributed by atoms with van der Waals surface area (Å²) in [5.41, 5.74) is 0.840. The van der Waals surface area contributed by atoms with Gasteiger partial charge < -0.3 is 15.3 Å². The molecule has 0 fully saturated rings. The van der Waals surface area contributed by atoms with Gasteiger partial charge in [0.25, 0.3) is 5.91 Å². The molecule has 0 saturated carbocycles. The fraction of sp³-hybridized carbons (Fsp3) is 0.316. The third-order valence-corrected chi connectivity index (χ3v) is 3.78. The molecule has 1 aromatic heterocycles. The molecule has 25 heavy (non-hydrogen) atoms. The fourth-order valence-corrected chi connectivity index (χ4v) is 2.45. The minimum atomic E-state index is -1.00. The van der Waals surface area contributed by atoms with Crippen molar-refractivity contribution in [1.82, 2.24) is 5.32 Å². The number of pyridine rings is 1. The number of carbonyl (C=O) groups excluding carboxylic acids is 2. The maximum Gasteiger partial charge on any atom is 0.405 e. The van der Waals surface area contributed by atoms with E-state index in [4.69, 9.17) is 4.74 Å². The van der Waals surface area contributed by atoms with Gasteiger partial charge in [-0.05, 0) is 25.0 Å². The average Bonchev–Trinajstić information content (AvgIpc) is 2.62. The van der Waals surface area contributed by atoms with Crippen molar-refractivity contribution in [2.75, 3.05) is 0 Å². The number of nitrogens with one attached hydrogen (secondary N) is 1. The number of esters is 1. The monoisotopic (exact) mass is 342 g/mol. The maximum atomic E-state index is 12.4. The molecule has 2 atom stereocenters. The van der Waals surface area contributed by atoms with Crippen LogP contribution in [0.15, 0.2) is 54.7 Å². The molecule has 1 aromatic carbocycles. The minimum Gasteiger partial charge on any atom is -0.618 e. The van der Waals surface area contributed by atoms with Crippen LogP contribution in [0, 0.1) is 5.21 Å². The summed E-state index contributed by atoms with van der Waals surface area (Å²) in [7, 11) is 0. The van der Waals surface area contributed by atoms with Gasteiger partial charge >= 0.3 is 11.7 Å². The van der Waals surface area contributed by atoms with E-state index >= 15 is 0 Å². The summed E-state index contributed by atoms with van der Waals surface area (Å²) in [5.74, 6) is -1.23. The van der Waals surface area contributed by atoms with E-state index < -0.39 is 18.0 Å². The predicted octanol–water partition coefficient (Wildman–Crippen LogP) is 2.52. The van der Waals surface area contributed by atoms with Gasteiger partial charge in [0.05, 0.1) is 6.04 Å². The van der Waals surface area contributed by atoms with Gasteiger partial charge in [0.1, 0.15) is 0 Å². The molecule has 0 aliphatic carbocycles. The normalized spacial score (nSPS) is 12.9. The Kier molecular flexibility index (Phi) is 6.51. The number of benzene rings is 1. The van der Waals surface area contributed by atoms with Crippen LogP contribution in [0.3, 0.4) is 0 Å². The van der Waals surface area contributed by atoms with Gasteiger partial charge in [-0.1, -0.05) is 43.7 Å². The second kappa shape index (κ2) is 8.82. The second-order valence-electron chi connectivity index (χ2n) is 5.72. The molecular formula is C19H22N2O4. The topological polar surface area (TPSA) is 82.3 Å². The lowest BCUT2D eigenvalue weighted by atomic mass is 10.0. The van der Waals surface area contributed by atoms with E-state index in [1.54, 1.807) is 6.07 Å². The molecule has 6 heteroatoms. The maximum absolute atomic E-state index is 12.4. The number of hydrogen-bond acceptors (Lipinski definition) is 4. The van der Waals surface area contributed by atoms with E-state index in [0.29, 0.717) is 4.73 Å². The number of amides is 1. The van der Waals surface area contributed by atoms with Crippen molar-refractivity contribution < 1.29 is 19.1 Å². The van der Waals surface area contributed by atoms with E-state index in [1.807, 2.05) is 37.3 Å². The first-order valence-corrected chi connectivity index (χ1v) is 8.27. The van der Waals surface area contributed by atoms with Crippen molar-refractivity contribution in [2.24, 2.45) is 0 Å². The highest BCUT2D eigenvalue weighted by Gasteiger charge is 2.25. The zero-order chi connectivity index (χ0) is 18.2. The second-order valence-corrected chi connectivity index (χ2v) is 5.72. The number of ether oxygens (including phenoxy) is 1. The third kappa shape index (κ3) is 5.04. The lowest BCUT2D eigenvalue weighted by molar-refractivity contribution is -0.608. The zero-order valence-corrected chi connectivity index (χ0v) is 14.3. The molecular weight excluding hydrogens is 320 g/mol. The van der Waals surface area contributed by atoms with Crippen LogP contribution in [0.5, 0.6) is 0 Å². The van der Waals surface area contributed by atoms with Crippen LogP contribution in [-0.4, -0.2) is 18.0 Å². The van der Waals surface area contributed by atoms with E-state index in [1.165, 1.54) is 25.3 Å². The molecule has 0 radical (unpaired) electrons. The Labute approximate surface area is 147 Å². The summed E-state index contributed by atoms with van der Waals surface area (Å²) in [5, 5.41) is 14.5. The fourth-order valence-electron chi connectivity index (χ4n) is 2.45. The third-order valence-electron chi connectivity index (χ3n) is 3.78. The highest BCUT2D eigenvalue weighted by Crippen LogP contribution is 2.18. The van der Waals surface area contributed by atoms with Crippen LogP contribution < -0.4 is 10.0 Å². The van der Waals surface area contributed by atoms with Crippen LogP contribution in [0.25, 0.3) is 0 Å². The van der Waals surface area contributed by atoms with Crippen molar-refractivity contribution >= 4 is 11.9 Å². The van der Waals surface area contributed by atoms with E-state index in [0.717, 1.165) is 18.4 Å². The zero-order valence-electron chi connectivity index (χ0n) is 14.3. The summed E-state index contributed by atoms with van der Waals surface area (Å²) < 4.78 is 5.54. The van der Waals surface area contributed by atoms with Gasteiger partial charge in [-0.15, -0.1) is 0 Å². The molecule has 1 heterocycles. The highest BCUT2D eigenvalue weighted by atomic mass is 16.6. The largest absolute Gasteiger partial charge is 0.618 e.